The molecule has 2 aromatic heterocycles. The van der Waals surface area contributed by atoms with E-state index < -0.39 is 6.10 Å². The Morgan fingerprint density at radius 2 is 2.09 bits per heavy atom. The summed E-state index contributed by atoms with van der Waals surface area (Å²) >= 11 is 0. The maximum Gasteiger partial charge on any atom is 0.162 e. The van der Waals surface area contributed by atoms with Crippen LogP contribution in [0.1, 0.15) is 17.9 Å². The van der Waals surface area contributed by atoms with Gasteiger partial charge in [-0.1, -0.05) is 17.3 Å². The lowest BCUT2D eigenvalue weighted by atomic mass is 10.1. The second-order valence-electron chi connectivity index (χ2n) is 7.56. The molecular formula is C24H29N5O3. The highest BCUT2D eigenvalue weighted by Crippen LogP contribution is 2.31. The summed E-state index contributed by atoms with van der Waals surface area (Å²) in [5, 5.41) is 16.9. The minimum absolute atomic E-state index is 0.185. The van der Waals surface area contributed by atoms with Gasteiger partial charge in [-0.2, -0.15) is 0 Å². The number of likely N-dealkylation sites (N-methyl/N-ethyl adjacent to an activating group) is 1. The van der Waals surface area contributed by atoms with Gasteiger partial charge in [-0.25, -0.2) is 9.97 Å². The third-order valence-electron chi connectivity index (χ3n) is 4.96. The first kappa shape index (κ1) is 23.3. The summed E-state index contributed by atoms with van der Waals surface area (Å²) in [6.07, 6.45) is 5.45. The topological polar surface area (TPSA) is 96.5 Å². The number of aromatic nitrogens is 3. The van der Waals surface area contributed by atoms with Gasteiger partial charge in [0.25, 0.3) is 0 Å². The molecule has 3 rings (SSSR count). The van der Waals surface area contributed by atoms with Crippen LogP contribution in [0.4, 0.5) is 5.82 Å². The number of rotatable bonds is 10. The van der Waals surface area contributed by atoms with E-state index in [9.17, 15) is 5.11 Å². The summed E-state index contributed by atoms with van der Waals surface area (Å²) in [6, 6.07) is 9.43. The molecule has 3 aromatic rings. The Labute approximate surface area is 188 Å². The fraction of sp³-hybridized carbons (Fsp3) is 0.375. The van der Waals surface area contributed by atoms with Gasteiger partial charge in [-0.15, -0.1) is 12.3 Å². The van der Waals surface area contributed by atoms with E-state index in [4.69, 9.17) is 25.7 Å². The standard InChI is InChI=1S/C24H29N5O3/c1-6-7-11-29(5)22-13-21(23-16(2)28-32-17(23)3)26-24(27-22)18-9-8-10-20(12-18)31-15-19(30)14-25-4/h1,8-10,12-13,19,25,30H,7,11,14-15H2,2-5H3. The molecule has 8 nitrogen and oxygen atoms in total. The first-order valence-corrected chi connectivity index (χ1v) is 10.5. The van der Waals surface area contributed by atoms with Crippen molar-refractivity contribution in [3.05, 3.63) is 41.8 Å². The third kappa shape index (κ3) is 5.63. The average molecular weight is 436 g/mol. The number of nitrogens with one attached hydrogen (secondary N) is 1. The van der Waals surface area contributed by atoms with E-state index in [0.717, 1.165) is 28.3 Å². The number of aliphatic hydroxyl groups excluding tert-OH is 1. The monoisotopic (exact) mass is 435 g/mol. The van der Waals surface area contributed by atoms with Crippen LogP contribution < -0.4 is 15.0 Å². The SMILES string of the molecule is C#CCCN(C)c1cc(-c2c(C)noc2C)nc(-c2cccc(OCC(O)CNC)c2)n1. The van der Waals surface area contributed by atoms with Gasteiger partial charge in [-0.05, 0) is 33.0 Å². The molecule has 0 spiro atoms. The molecule has 0 saturated carbocycles. The van der Waals surface area contributed by atoms with E-state index in [1.807, 2.05) is 56.1 Å². The second-order valence-corrected chi connectivity index (χ2v) is 7.56. The van der Waals surface area contributed by atoms with Crippen LogP contribution in [-0.4, -0.2) is 60.1 Å². The van der Waals surface area contributed by atoms with Gasteiger partial charge in [0.15, 0.2) is 5.82 Å². The Balaban J connectivity index is 1.99. The Morgan fingerprint density at radius 3 is 2.78 bits per heavy atom. The summed E-state index contributed by atoms with van der Waals surface area (Å²) in [6.45, 7) is 5.06. The number of nitrogens with zero attached hydrogens (tertiary/aromatic N) is 4. The quantitative estimate of drug-likeness (QED) is 0.469. The highest BCUT2D eigenvalue weighted by atomic mass is 16.5. The third-order valence-corrected chi connectivity index (χ3v) is 4.96. The van der Waals surface area contributed by atoms with Gasteiger partial charge in [0.2, 0.25) is 0 Å². The lowest BCUT2D eigenvalue weighted by Crippen LogP contribution is -2.29. The molecule has 0 radical (unpaired) electrons. The van der Waals surface area contributed by atoms with E-state index in [0.29, 0.717) is 36.8 Å². The Morgan fingerprint density at radius 1 is 1.28 bits per heavy atom. The predicted octanol–water partition coefficient (Wildman–Crippen LogP) is 2.83. The van der Waals surface area contributed by atoms with E-state index >= 15 is 0 Å². The summed E-state index contributed by atoms with van der Waals surface area (Å²) < 4.78 is 11.1. The molecule has 0 bridgehead atoms. The zero-order valence-corrected chi connectivity index (χ0v) is 18.9. The van der Waals surface area contributed by atoms with Gasteiger partial charge >= 0.3 is 0 Å². The molecule has 0 fully saturated rings. The van der Waals surface area contributed by atoms with Gasteiger partial charge in [0, 0.05) is 38.2 Å². The Kier molecular flexibility index (Phi) is 7.82. The molecule has 0 aliphatic heterocycles. The number of aliphatic hydroxyl groups is 1. The van der Waals surface area contributed by atoms with Crippen molar-refractivity contribution in [3.8, 4) is 40.7 Å². The molecule has 0 amide bonds. The van der Waals surface area contributed by atoms with E-state index in [2.05, 4.69) is 16.4 Å². The molecular weight excluding hydrogens is 406 g/mol. The van der Waals surface area contributed by atoms with Crippen molar-refractivity contribution in [2.75, 3.05) is 38.7 Å². The molecule has 0 aliphatic rings. The molecule has 1 atom stereocenters. The summed E-state index contributed by atoms with van der Waals surface area (Å²) in [4.78, 5) is 11.6. The molecule has 168 valence electrons. The van der Waals surface area contributed by atoms with Crippen LogP contribution in [0, 0.1) is 26.2 Å². The maximum atomic E-state index is 9.91. The fourth-order valence-electron chi connectivity index (χ4n) is 3.29. The van der Waals surface area contributed by atoms with Crippen molar-refractivity contribution >= 4 is 5.82 Å². The smallest absolute Gasteiger partial charge is 0.162 e. The molecule has 2 heterocycles. The van der Waals surface area contributed by atoms with Crippen molar-refractivity contribution in [2.24, 2.45) is 0 Å². The number of hydrogen-bond acceptors (Lipinski definition) is 8. The number of ether oxygens (including phenoxy) is 1. The first-order valence-electron chi connectivity index (χ1n) is 10.5. The molecule has 1 aromatic carbocycles. The second kappa shape index (κ2) is 10.8. The Bertz CT molecular complexity index is 1070. The van der Waals surface area contributed by atoms with Gasteiger partial charge in [-0.3, -0.25) is 0 Å². The molecule has 8 heteroatoms. The normalized spacial score (nSPS) is 11.8. The van der Waals surface area contributed by atoms with Gasteiger partial charge in [0.1, 0.15) is 30.0 Å². The lowest BCUT2D eigenvalue weighted by molar-refractivity contribution is 0.108. The molecule has 0 aliphatic carbocycles. The van der Waals surface area contributed by atoms with Gasteiger partial charge in [0.05, 0.1) is 17.0 Å². The molecule has 0 saturated heterocycles. The van der Waals surface area contributed by atoms with Crippen molar-refractivity contribution in [2.45, 2.75) is 26.4 Å². The maximum absolute atomic E-state index is 9.91. The molecule has 32 heavy (non-hydrogen) atoms. The summed E-state index contributed by atoms with van der Waals surface area (Å²) in [5.74, 6) is 5.28. The number of benzene rings is 1. The van der Waals surface area contributed by atoms with Crippen LogP contribution in [-0.2, 0) is 0 Å². The highest BCUT2D eigenvalue weighted by Gasteiger charge is 2.18. The Hall–Kier alpha value is -3.41. The van der Waals surface area contributed by atoms with Crippen LogP contribution >= 0.6 is 0 Å². The average Bonchev–Trinajstić information content (AvgIpc) is 3.14. The van der Waals surface area contributed by atoms with Gasteiger partial charge < -0.3 is 24.6 Å². The number of terminal acetylenes is 1. The lowest BCUT2D eigenvalue weighted by Gasteiger charge is -2.19. The van der Waals surface area contributed by atoms with Crippen LogP contribution in [0.15, 0.2) is 34.9 Å². The van der Waals surface area contributed by atoms with Crippen LogP contribution in [0.5, 0.6) is 5.75 Å². The van der Waals surface area contributed by atoms with E-state index in [1.54, 1.807) is 7.05 Å². The minimum Gasteiger partial charge on any atom is -0.491 e. The van der Waals surface area contributed by atoms with Crippen molar-refractivity contribution < 1.29 is 14.4 Å². The number of aryl methyl sites for hydroxylation is 2. The van der Waals surface area contributed by atoms with Crippen LogP contribution in [0.25, 0.3) is 22.6 Å². The van der Waals surface area contributed by atoms with E-state index in [-0.39, 0.29) is 6.61 Å². The predicted molar refractivity (Wildman–Crippen MR) is 125 cm³/mol. The van der Waals surface area contributed by atoms with Crippen LogP contribution in [0.2, 0.25) is 0 Å². The van der Waals surface area contributed by atoms with Crippen molar-refractivity contribution in [1.82, 2.24) is 20.4 Å². The first-order chi connectivity index (χ1) is 15.4. The van der Waals surface area contributed by atoms with Crippen molar-refractivity contribution in [1.29, 1.82) is 0 Å². The zero-order chi connectivity index (χ0) is 23.1. The van der Waals surface area contributed by atoms with Crippen LogP contribution in [0.3, 0.4) is 0 Å². The van der Waals surface area contributed by atoms with E-state index in [1.165, 1.54) is 0 Å². The van der Waals surface area contributed by atoms with Crippen molar-refractivity contribution in [3.63, 3.8) is 0 Å². The molecule has 1 unspecified atom stereocenters. The number of hydrogen-bond donors (Lipinski definition) is 2. The molecule has 2 N–H and O–H groups in total. The highest BCUT2D eigenvalue weighted by molar-refractivity contribution is 5.70. The largest absolute Gasteiger partial charge is 0.491 e. The number of anilines is 1. The summed E-state index contributed by atoms with van der Waals surface area (Å²) in [7, 11) is 3.73. The summed E-state index contributed by atoms with van der Waals surface area (Å²) in [5.41, 5.74) is 3.14. The zero-order valence-electron chi connectivity index (χ0n) is 18.9. The minimum atomic E-state index is -0.598. The fourth-order valence-corrected chi connectivity index (χ4v) is 3.29.